The fourth-order valence-corrected chi connectivity index (χ4v) is 5.15. The number of hydrogen-bond donors (Lipinski definition) is 2. The third-order valence-electron chi connectivity index (χ3n) is 5.22. The van der Waals surface area contributed by atoms with Gasteiger partial charge < -0.3 is 0 Å². The number of rotatable bonds is 3. The maximum absolute atomic E-state index is 13.2. The molecular weight excluding hydrogens is 301 g/mol. The minimum absolute atomic E-state index is 0.472. The largest absolute Gasteiger partial charge is 0.307 e. The molecule has 0 aromatic rings. The fourth-order valence-electron chi connectivity index (χ4n) is 4.83. The van der Waals surface area contributed by atoms with Gasteiger partial charge in [-0.15, -0.1) is 0 Å². The standard InChI is InChI=1S/C13H18FNO5S/c14-10(21(18,19)20)11(16)15-12(17)13-4-7-1-8(5-13)3-9(2-7)6-13/h7-10H,1-6H2,(H,15,16,17)(H,18,19,20). The normalized spacial score (nSPS) is 39.0. The second kappa shape index (κ2) is 4.74. The summed E-state index contributed by atoms with van der Waals surface area (Å²) in [5.41, 5.74) is -3.78. The zero-order chi connectivity index (χ0) is 15.4. The molecule has 8 heteroatoms. The summed E-state index contributed by atoms with van der Waals surface area (Å²) < 4.78 is 43.0. The highest BCUT2D eigenvalue weighted by atomic mass is 32.2. The molecule has 4 saturated carbocycles. The number of carbonyl (C=O) groups excluding carboxylic acids is 2. The molecule has 118 valence electrons. The van der Waals surface area contributed by atoms with Crippen LogP contribution >= 0.6 is 0 Å². The molecule has 0 aromatic carbocycles. The molecule has 4 fully saturated rings. The van der Waals surface area contributed by atoms with Gasteiger partial charge in [-0.1, -0.05) is 0 Å². The summed E-state index contributed by atoms with van der Waals surface area (Å²) >= 11 is 0. The number of hydrogen-bond acceptors (Lipinski definition) is 4. The van der Waals surface area contributed by atoms with Crippen molar-refractivity contribution in [3.8, 4) is 0 Å². The van der Waals surface area contributed by atoms with E-state index in [9.17, 15) is 22.4 Å². The van der Waals surface area contributed by atoms with Crippen molar-refractivity contribution in [3.05, 3.63) is 0 Å². The van der Waals surface area contributed by atoms with Gasteiger partial charge in [-0.3, -0.25) is 19.5 Å². The molecule has 4 aliphatic rings. The van der Waals surface area contributed by atoms with Gasteiger partial charge in [-0.05, 0) is 56.3 Å². The highest BCUT2D eigenvalue weighted by Gasteiger charge is 2.55. The van der Waals surface area contributed by atoms with Crippen LogP contribution in [0.4, 0.5) is 4.39 Å². The summed E-state index contributed by atoms with van der Waals surface area (Å²) in [5, 5.41) is 1.85. The molecule has 21 heavy (non-hydrogen) atoms. The predicted octanol–water partition coefficient (Wildman–Crippen LogP) is 1.03. The van der Waals surface area contributed by atoms with Crippen molar-refractivity contribution in [1.29, 1.82) is 0 Å². The van der Waals surface area contributed by atoms with Gasteiger partial charge in [-0.25, -0.2) is 4.39 Å². The van der Waals surface area contributed by atoms with Gasteiger partial charge >= 0.3 is 15.6 Å². The average molecular weight is 319 g/mol. The highest BCUT2D eigenvalue weighted by Crippen LogP contribution is 2.60. The quantitative estimate of drug-likeness (QED) is 0.757. The van der Waals surface area contributed by atoms with E-state index >= 15 is 0 Å². The summed E-state index contributed by atoms with van der Waals surface area (Å²) in [6.45, 7) is 0. The van der Waals surface area contributed by atoms with Gasteiger partial charge in [0.05, 0.1) is 5.41 Å². The van der Waals surface area contributed by atoms with Gasteiger partial charge in [0.15, 0.2) is 0 Å². The lowest BCUT2D eigenvalue weighted by Crippen LogP contribution is -2.55. The molecule has 0 aliphatic heterocycles. The van der Waals surface area contributed by atoms with Gasteiger partial charge in [0.2, 0.25) is 5.91 Å². The molecule has 4 rings (SSSR count). The second-order valence-corrected chi connectivity index (χ2v) is 8.29. The lowest BCUT2D eigenvalue weighted by atomic mass is 9.49. The SMILES string of the molecule is O=C(NC(=O)C12CC3CC(CC(C3)C1)C2)C(F)S(=O)(=O)O. The molecular formula is C13H18FNO5S. The summed E-state index contributed by atoms with van der Waals surface area (Å²) in [4.78, 5) is 23.8. The molecule has 2 amide bonds. The van der Waals surface area contributed by atoms with Crippen molar-refractivity contribution in [1.82, 2.24) is 5.32 Å². The molecule has 0 heterocycles. The minimum atomic E-state index is -5.13. The molecule has 2 N–H and O–H groups in total. The Balaban J connectivity index is 1.73. The minimum Gasteiger partial charge on any atom is -0.292 e. The van der Waals surface area contributed by atoms with Crippen LogP contribution in [0.15, 0.2) is 0 Å². The summed E-state index contributed by atoms with van der Waals surface area (Å²) in [7, 11) is -5.13. The Morgan fingerprint density at radius 3 is 1.90 bits per heavy atom. The van der Waals surface area contributed by atoms with Gasteiger partial charge in [0.25, 0.3) is 5.91 Å². The number of carbonyl (C=O) groups is 2. The van der Waals surface area contributed by atoms with E-state index in [1.54, 1.807) is 0 Å². The average Bonchev–Trinajstić information content (AvgIpc) is 2.34. The molecule has 0 radical (unpaired) electrons. The van der Waals surface area contributed by atoms with Crippen molar-refractivity contribution in [2.24, 2.45) is 23.2 Å². The fraction of sp³-hybridized carbons (Fsp3) is 0.846. The van der Waals surface area contributed by atoms with Crippen LogP contribution in [0.25, 0.3) is 0 Å². The van der Waals surface area contributed by atoms with Gasteiger partial charge in [0, 0.05) is 0 Å². The Bertz CT molecular complexity index is 552. The van der Waals surface area contributed by atoms with Crippen LogP contribution in [0.5, 0.6) is 0 Å². The first-order valence-electron chi connectivity index (χ1n) is 7.15. The second-order valence-electron chi connectivity index (χ2n) is 6.85. The summed E-state index contributed by atoms with van der Waals surface area (Å²) in [6.07, 6.45) is 5.37. The van der Waals surface area contributed by atoms with Gasteiger partial charge in [-0.2, -0.15) is 8.42 Å². The van der Waals surface area contributed by atoms with Crippen LogP contribution in [0.1, 0.15) is 38.5 Å². The summed E-state index contributed by atoms with van der Waals surface area (Å²) in [5.74, 6) is -0.768. The maximum atomic E-state index is 13.2. The highest BCUT2D eigenvalue weighted by molar-refractivity contribution is 7.87. The Labute approximate surface area is 122 Å². The Morgan fingerprint density at radius 1 is 1.10 bits per heavy atom. The molecule has 1 atom stereocenters. The zero-order valence-electron chi connectivity index (χ0n) is 11.4. The van der Waals surface area contributed by atoms with E-state index in [4.69, 9.17) is 4.55 Å². The number of halogens is 1. The molecule has 4 aliphatic carbocycles. The molecule has 0 spiro atoms. The lowest BCUT2D eigenvalue weighted by Gasteiger charge is -2.55. The van der Waals surface area contributed by atoms with Crippen LogP contribution in [0.2, 0.25) is 0 Å². The van der Waals surface area contributed by atoms with E-state index in [2.05, 4.69) is 0 Å². The zero-order valence-corrected chi connectivity index (χ0v) is 12.2. The predicted molar refractivity (Wildman–Crippen MR) is 70.2 cm³/mol. The van der Waals surface area contributed by atoms with E-state index < -0.39 is 32.9 Å². The first-order valence-corrected chi connectivity index (χ1v) is 8.65. The van der Waals surface area contributed by atoms with Crippen LogP contribution in [-0.2, 0) is 19.7 Å². The van der Waals surface area contributed by atoms with E-state index in [1.807, 2.05) is 5.32 Å². The lowest BCUT2D eigenvalue weighted by molar-refractivity contribution is -0.149. The van der Waals surface area contributed by atoms with Gasteiger partial charge in [0.1, 0.15) is 0 Å². The number of alkyl halides is 1. The van der Waals surface area contributed by atoms with Crippen LogP contribution in [0, 0.1) is 23.2 Å². The first kappa shape index (κ1) is 14.9. The molecule has 4 bridgehead atoms. The monoisotopic (exact) mass is 319 g/mol. The van der Waals surface area contributed by atoms with Crippen LogP contribution < -0.4 is 5.32 Å². The van der Waals surface area contributed by atoms with Crippen molar-refractivity contribution in [3.63, 3.8) is 0 Å². The third-order valence-corrected chi connectivity index (χ3v) is 5.96. The Morgan fingerprint density at radius 2 is 1.52 bits per heavy atom. The first-order chi connectivity index (χ1) is 9.69. The summed E-state index contributed by atoms with van der Waals surface area (Å²) in [6, 6.07) is 0. The number of amides is 2. The Kier molecular flexibility index (Phi) is 3.36. The van der Waals surface area contributed by atoms with Crippen molar-refractivity contribution < 1.29 is 27.0 Å². The molecule has 6 nitrogen and oxygen atoms in total. The third kappa shape index (κ3) is 2.59. The van der Waals surface area contributed by atoms with E-state index in [-0.39, 0.29) is 0 Å². The smallest absolute Gasteiger partial charge is 0.292 e. The Hall–Kier alpha value is -1.02. The molecule has 0 saturated heterocycles. The topological polar surface area (TPSA) is 101 Å². The van der Waals surface area contributed by atoms with Crippen molar-refractivity contribution >= 4 is 21.9 Å². The van der Waals surface area contributed by atoms with Crippen LogP contribution in [-0.4, -0.2) is 30.3 Å². The van der Waals surface area contributed by atoms with Crippen molar-refractivity contribution in [2.75, 3.05) is 0 Å². The molecule has 1 unspecified atom stereocenters. The number of imide groups is 1. The van der Waals surface area contributed by atoms with E-state index in [0.29, 0.717) is 37.0 Å². The van der Waals surface area contributed by atoms with Crippen LogP contribution in [0.3, 0.4) is 0 Å². The maximum Gasteiger partial charge on any atom is 0.307 e. The van der Waals surface area contributed by atoms with E-state index in [0.717, 1.165) is 19.3 Å². The number of nitrogens with one attached hydrogen (secondary N) is 1. The van der Waals surface area contributed by atoms with E-state index in [1.165, 1.54) is 0 Å². The molecule has 0 aromatic heterocycles. The van der Waals surface area contributed by atoms with Crippen molar-refractivity contribution in [2.45, 2.75) is 44.0 Å².